The minimum absolute atomic E-state index is 0.154. The number of fused-ring (bicyclic) bond motifs is 1. The Balaban J connectivity index is 1.61. The number of carbonyl (C=O) groups excluding carboxylic acids is 1. The Labute approximate surface area is 207 Å². The van der Waals surface area contributed by atoms with E-state index >= 15 is 0 Å². The molecule has 0 bridgehead atoms. The summed E-state index contributed by atoms with van der Waals surface area (Å²) < 4.78 is 40.2. The van der Waals surface area contributed by atoms with E-state index in [-0.39, 0.29) is 29.3 Å². The number of pyridine rings is 1. The van der Waals surface area contributed by atoms with Crippen LogP contribution in [-0.2, 0) is 0 Å². The summed E-state index contributed by atoms with van der Waals surface area (Å²) in [6.45, 7) is 0. The third-order valence-corrected chi connectivity index (χ3v) is 8.03. The second-order valence-corrected chi connectivity index (χ2v) is 11.1. The van der Waals surface area contributed by atoms with E-state index in [1.54, 1.807) is 41.1 Å². The van der Waals surface area contributed by atoms with Gasteiger partial charge in [0.25, 0.3) is 5.91 Å². The van der Waals surface area contributed by atoms with Gasteiger partial charge in [-0.25, -0.2) is 14.1 Å². The number of rotatable bonds is 5. The third-order valence-electron chi connectivity index (χ3n) is 5.91. The topological polar surface area (TPSA) is 110 Å². The Morgan fingerprint density at radius 2 is 2.00 bits per heavy atom. The van der Waals surface area contributed by atoms with Crippen LogP contribution >= 0.6 is 22.2 Å². The van der Waals surface area contributed by atoms with E-state index in [0.717, 1.165) is 5.39 Å². The van der Waals surface area contributed by atoms with Crippen molar-refractivity contribution in [2.24, 2.45) is 0 Å². The number of nitrogens with one attached hydrogen (secondary N) is 1. The minimum atomic E-state index is -2.63. The molecule has 2 aromatic carbocycles. The predicted molar refractivity (Wildman–Crippen MR) is 134 cm³/mol. The van der Waals surface area contributed by atoms with Gasteiger partial charge in [-0.05, 0) is 48.9 Å². The molecule has 1 unspecified atom stereocenters. The van der Waals surface area contributed by atoms with E-state index in [2.05, 4.69) is 10.3 Å². The summed E-state index contributed by atoms with van der Waals surface area (Å²) in [5.74, 6) is 0.0999. The first-order chi connectivity index (χ1) is 16.7. The molecular weight excluding hydrogens is 495 g/mol. The summed E-state index contributed by atoms with van der Waals surface area (Å²) >= 11 is 6.44. The van der Waals surface area contributed by atoms with Crippen LogP contribution in [0.15, 0.2) is 54.7 Å². The highest BCUT2D eigenvalue weighted by Crippen LogP contribution is 2.45. The maximum Gasteiger partial charge on any atom is 0.251 e. The van der Waals surface area contributed by atoms with Gasteiger partial charge in [0.2, 0.25) is 5.88 Å². The summed E-state index contributed by atoms with van der Waals surface area (Å²) in [5, 5.41) is 8.72. The Morgan fingerprint density at radius 1 is 1.23 bits per heavy atom. The second kappa shape index (κ2) is 9.12. The fourth-order valence-corrected chi connectivity index (χ4v) is 6.07. The number of methoxy groups -OCH3 is 1. The molecule has 0 radical (unpaired) electrons. The lowest BCUT2D eigenvalue weighted by Crippen LogP contribution is -2.35. The van der Waals surface area contributed by atoms with E-state index in [4.69, 9.17) is 21.4 Å². The van der Waals surface area contributed by atoms with Crippen LogP contribution in [0.2, 0.25) is 5.02 Å². The van der Waals surface area contributed by atoms with Crippen LogP contribution in [0.1, 0.15) is 16.8 Å². The molecule has 182 valence electrons. The van der Waals surface area contributed by atoms with E-state index < -0.39 is 10.6 Å². The first-order valence-corrected chi connectivity index (χ1v) is 13.0. The number of ether oxygens (including phenoxy) is 1. The number of nitrogens with zero attached hydrogens (tertiary/aromatic N) is 3. The number of aromatic nitrogens is 3. The van der Waals surface area contributed by atoms with Gasteiger partial charge in [0.1, 0.15) is 11.5 Å². The highest BCUT2D eigenvalue weighted by molar-refractivity contribution is 8.24. The van der Waals surface area contributed by atoms with Gasteiger partial charge in [0.15, 0.2) is 0 Å². The highest BCUT2D eigenvalue weighted by atomic mass is 35.5. The molecule has 3 N–H and O–H groups in total. The summed E-state index contributed by atoms with van der Waals surface area (Å²) in [4.78, 5) is 17.1. The predicted octanol–water partition coefficient (Wildman–Crippen LogP) is 5.14. The maximum absolute atomic E-state index is 13.6. The van der Waals surface area contributed by atoms with Crippen LogP contribution in [-0.4, -0.2) is 54.4 Å². The highest BCUT2D eigenvalue weighted by Gasteiger charge is 2.29. The van der Waals surface area contributed by atoms with E-state index in [0.29, 0.717) is 45.3 Å². The zero-order valence-electron chi connectivity index (χ0n) is 18.6. The average Bonchev–Trinajstić information content (AvgIpc) is 3.39. The number of amides is 1. The van der Waals surface area contributed by atoms with E-state index in [9.17, 15) is 18.3 Å². The number of benzene rings is 2. The van der Waals surface area contributed by atoms with Gasteiger partial charge in [0.05, 0.1) is 35.3 Å². The first kappa shape index (κ1) is 23.6. The van der Waals surface area contributed by atoms with Gasteiger partial charge in [0, 0.05) is 34.4 Å². The zero-order valence-corrected chi connectivity index (χ0v) is 20.2. The smallest absolute Gasteiger partial charge is 0.251 e. The van der Waals surface area contributed by atoms with Crippen LogP contribution < -0.4 is 10.1 Å². The van der Waals surface area contributed by atoms with Gasteiger partial charge in [-0.2, -0.15) is 15.7 Å². The molecule has 1 atom stereocenters. The van der Waals surface area contributed by atoms with Crippen LogP contribution in [0.5, 0.6) is 5.88 Å². The van der Waals surface area contributed by atoms with Crippen LogP contribution in [0.3, 0.4) is 0 Å². The van der Waals surface area contributed by atoms with Crippen molar-refractivity contribution in [2.45, 2.75) is 12.5 Å². The Morgan fingerprint density at radius 3 is 2.69 bits per heavy atom. The molecule has 1 aliphatic heterocycles. The standard InChI is InChI=1S/C24H22ClFN4O4S/c1-34-22-11-19(20(25)12-27-22)23-18-7-2-14(24(31)28-16-8-9-35(32,33)13-16)10-21(18)30(29-23)17-5-3-15(26)4-6-17/h2-7,10-12,16,32-33H,8-9,13H2,1H3,(H,28,31). The van der Waals surface area contributed by atoms with Crippen molar-refractivity contribution in [2.75, 3.05) is 18.6 Å². The Kier molecular flexibility index (Phi) is 6.14. The fraction of sp³-hybridized carbons (Fsp3) is 0.208. The fourth-order valence-electron chi connectivity index (χ4n) is 4.15. The monoisotopic (exact) mass is 516 g/mol. The van der Waals surface area contributed by atoms with Crippen molar-refractivity contribution in [1.82, 2.24) is 20.1 Å². The molecule has 8 nitrogen and oxygen atoms in total. The maximum atomic E-state index is 13.6. The van der Waals surface area contributed by atoms with Crippen molar-refractivity contribution in [1.29, 1.82) is 0 Å². The average molecular weight is 517 g/mol. The Hall–Kier alpha value is -3.18. The molecule has 1 aliphatic rings. The molecular formula is C24H22ClFN4O4S. The molecule has 1 saturated heterocycles. The van der Waals surface area contributed by atoms with Gasteiger partial charge in [-0.3, -0.25) is 13.9 Å². The molecule has 1 amide bonds. The molecule has 1 fully saturated rings. The third kappa shape index (κ3) is 4.70. The quantitative estimate of drug-likeness (QED) is 0.339. The lowest BCUT2D eigenvalue weighted by molar-refractivity contribution is 0.0941. The second-order valence-electron chi connectivity index (χ2n) is 8.31. The largest absolute Gasteiger partial charge is 0.481 e. The van der Waals surface area contributed by atoms with Gasteiger partial charge >= 0.3 is 0 Å². The molecule has 35 heavy (non-hydrogen) atoms. The molecule has 0 aliphatic carbocycles. The normalized spacial score (nSPS) is 17.9. The lowest BCUT2D eigenvalue weighted by Gasteiger charge is -2.26. The van der Waals surface area contributed by atoms with Gasteiger partial charge < -0.3 is 10.1 Å². The number of hydrogen-bond donors (Lipinski definition) is 3. The van der Waals surface area contributed by atoms with Gasteiger partial charge in [-0.15, -0.1) is 0 Å². The summed E-state index contributed by atoms with van der Waals surface area (Å²) in [7, 11) is -1.13. The summed E-state index contributed by atoms with van der Waals surface area (Å²) in [6, 6.07) is 12.4. The first-order valence-electron chi connectivity index (χ1n) is 10.8. The molecule has 11 heteroatoms. The van der Waals surface area contributed by atoms with Crippen LogP contribution in [0.25, 0.3) is 27.8 Å². The lowest BCUT2D eigenvalue weighted by atomic mass is 10.1. The molecule has 0 spiro atoms. The summed E-state index contributed by atoms with van der Waals surface area (Å²) in [6.07, 6.45) is 1.99. The van der Waals surface area contributed by atoms with Crippen molar-refractivity contribution in [3.63, 3.8) is 0 Å². The Bertz CT molecular complexity index is 1430. The van der Waals surface area contributed by atoms with Crippen molar-refractivity contribution < 1.29 is 23.0 Å². The number of hydrogen-bond acceptors (Lipinski definition) is 6. The van der Waals surface area contributed by atoms with Crippen LogP contribution in [0, 0.1) is 5.82 Å². The van der Waals surface area contributed by atoms with E-state index in [1.165, 1.54) is 25.4 Å². The van der Waals surface area contributed by atoms with Crippen LogP contribution in [0.4, 0.5) is 4.39 Å². The van der Waals surface area contributed by atoms with Crippen molar-refractivity contribution >= 4 is 39.0 Å². The van der Waals surface area contributed by atoms with E-state index in [1.807, 2.05) is 0 Å². The molecule has 0 saturated carbocycles. The minimum Gasteiger partial charge on any atom is -0.481 e. The summed E-state index contributed by atoms with van der Waals surface area (Å²) in [5.41, 5.74) is 2.74. The molecule has 3 heterocycles. The zero-order chi connectivity index (χ0) is 24.7. The molecule has 4 aromatic rings. The van der Waals surface area contributed by atoms with Crippen molar-refractivity contribution in [3.8, 4) is 22.8 Å². The SMILES string of the molecule is COc1cc(-c2nn(-c3ccc(F)cc3)c3cc(C(=O)NC4CCS(O)(O)C4)ccc23)c(Cl)cn1. The van der Waals surface area contributed by atoms with Gasteiger partial charge in [-0.1, -0.05) is 11.6 Å². The number of carbonyl (C=O) groups is 1. The molecule has 5 rings (SSSR count). The molecule has 2 aromatic heterocycles. The number of halogens is 2. The van der Waals surface area contributed by atoms with Crippen molar-refractivity contribution in [3.05, 3.63) is 71.1 Å².